The van der Waals surface area contributed by atoms with E-state index in [1.165, 1.54) is 38.2 Å². The summed E-state index contributed by atoms with van der Waals surface area (Å²) in [6.45, 7) is 10.9. The molecule has 0 radical (unpaired) electrons. The van der Waals surface area contributed by atoms with E-state index >= 15 is 0 Å². The minimum absolute atomic E-state index is 0.394. The van der Waals surface area contributed by atoms with Crippen molar-refractivity contribution in [2.45, 2.75) is 45.2 Å². The molecule has 17 heavy (non-hydrogen) atoms. The van der Waals surface area contributed by atoms with Gasteiger partial charge in [0.2, 0.25) is 0 Å². The van der Waals surface area contributed by atoms with E-state index in [9.17, 15) is 0 Å². The Balaban J connectivity index is 1.90. The van der Waals surface area contributed by atoms with Crippen molar-refractivity contribution in [1.29, 1.82) is 0 Å². The average Bonchev–Trinajstić information content (AvgIpc) is 3.08. The maximum atomic E-state index is 3.80. The van der Waals surface area contributed by atoms with Gasteiger partial charge in [0.05, 0.1) is 0 Å². The van der Waals surface area contributed by atoms with Crippen LogP contribution in [-0.4, -0.2) is 48.1 Å². The number of nitrogens with zero attached hydrogens (tertiary/aromatic N) is 1. The zero-order valence-electron chi connectivity index (χ0n) is 11.8. The molecule has 1 heterocycles. The van der Waals surface area contributed by atoms with Crippen LogP contribution in [-0.2, 0) is 0 Å². The van der Waals surface area contributed by atoms with Crippen LogP contribution in [0.1, 0.15) is 33.6 Å². The summed E-state index contributed by atoms with van der Waals surface area (Å²) in [5.74, 6) is 3.04. The zero-order valence-corrected chi connectivity index (χ0v) is 12.6. The summed E-state index contributed by atoms with van der Waals surface area (Å²) in [7, 11) is 0. The van der Waals surface area contributed by atoms with E-state index in [1.807, 2.05) is 11.8 Å². The van der Waals surface area contributed by atoms with Crippen LogP contribution in [0, 0.1) is 11.8 Å². The highest BCUT2D eigenvalue weighted by Crippen LogP contribution is 2.41. The Morgan fingerprint density at radius 2 is 2.18 bits per heavy atom. The maximum Gasteiger partial charge on any atom is 0.0309 e. The van der Waals surface area contributed by atoms with Gasteiger partial charge in [-0.05, 0) is 50.5 Å². The van der Waals surface area contributed by atoms with Crippen LogP contribution in [0.4, 0.5) is 0 Å². The van der Waals surface area contributed by atoms with E-state index in [-0.39, 0.29) is 0 Å². The van der Waals surface area contributed by atoms with Gasteiger partial charge in [0.15, 0.2) is 0 Å². The van der Waals surface area contributed by atoms with Gasteiger partial charge in [0.25, 0.3) is 0 Å². The first-order chi connectivity index (χ1) is 8.05. The van der Waals surface area contributed by atoms with Crippen LogP contribution < -0.4 is 5.32 Å². The average molecular weight is 256 g/mol. The minimum Gasteiger partial charge on any atom is -0.308 e. The van der Waals surface area contributed by atoms with Gasteiger partial charge in [-0.3, -0.25) is 4.90 Å². The van der Waals surface area contributed by atoms with Crippen LogP contribution in [0.2, 0.25) is 0 Å². The van der Waals surface area contributed by atoms with Gasteiger partial charge in [-0.1, -0.05) is 6.92 Å². The number of thioether (sulfide) groups is 1. The summed E-state index contributed by atoms with van der Waals surface area (Å²) < 4.78 is 0. The van der Waals surface area contributed by atoms with E-state index in [4.69, 9.17) is 0 Å². The summed E-state index contributed by atoms with van der Waals surface area (Å²) in [5.41, 5.74) is 0.394. The fraction of sp³-hybridized carbons (Fsp3) is 1.00. The molecule has 2 fully saturated rings. The molecule has 0 aromatic heterocycles. The highest BCUT2D eigenvalue weighted by atomic mass is 32.2. The Hall–Kier alpha value is 0.270. The van der Waals surface area contributed by atoms with Gasteiger partial charge in [-0.15, -0.1) is 0 Å². The Kier molecular flexibility index (Phi) is 4.43. The van der Waals surface area contributed by atoms with Crippen LogP contribution in [0.25, 0.3) is 0 Å². The molecule has 1 N–H and O–H groups in total. The first kappa shape index (κ1) is 13.7. The first-order valence-corrected chi connectivity index (χ1v) is 8.42. The molecule has 3 heteroatoms. The van der Waals surface area contributed by atoms with Crippen molar-refractivity contribution in [2.75, 3.05) is 31.6 Å². The largest absolute Gasteiger partial charge is 0.308 e. The number of hydrogen-bond donors (Lipinski definition) is 1. The zero-order chi connectivity index (χ0) is 12.5. The van der Waals surface area contributed by atoms with Crippen LogP contribution >= 0.6 is 11.8 Å². The lowest BCUT2D eigenvalue weighted by molar-refractivity contribution is 0.0740. The predicted octanol–water partition coefficient (Wildman–Crippen LogP) is 2.45. The smallest absolute Gasteiger partial charge is 0.0309 e. The van der Waals surface area contributed by atoms with Gasteiger partial charge < -0.3 is 5.32 Å². The molecule has 3 atom stereocenters. The molecule has 0 aromatic carbocycles. The van der Waals surface area contributed by atoms with Gasteiger partial charge >= 0.3 is 0 Å². The van der Waals surface area contributed by atoms with Crippen molar-refractivity contribution in [3.63, 3.8) is 0 Å². The molecule has 100 valence electrons. The Morgan fingerprint density at radius 1 is 1.47 bits per heavy atom. The predicted molar refractivity (Wildman–Crippen MR) is 77.7 cm³/mol. The number of piperazine rings is 1. The normalized spacial score (nSPS) is 37.1. The van der Waals surface area contributed by atoms with Gasteiger partial charge in [-0.25, -0.2) is 0 Å². The van der Waals surface area contributed by atoms with E-state index in [0.717, 1.165) is 11.8 Å². The van der Waals surface area contributed by atoms with Crippen molar-refractivity contribution < 1.29 is 0 Å². The molecule has 1 saturated heterocycles. The molecular formula is C14H28N2S. The molecule has 1 saturated carbocycles. The van der Waals surface area contributed by atoms with Gasteiger partial charge in [0, 0.05) is 31.2 Å². The van der Waals surface area contributed by atoms with Gasteiger partial charge in [0.1, 0.15) is 0 Å². The molecular weight excluding hydrogens is 228 g/mol. The fourth-order valence-electron chi connectivity index (χ4n) is 3.12. The topological polar surface area (TPSA) is 15.3 Å². The van der Waals surface area contributed by atoms with E-state index in [0.29, 0.717) is 11.6 Å². The van der Waals surface area contributed by atoms with Crippen molar-refractivity contribution in [1.82, 2.24) is 10.2 Å². The van der Waals surface area contributed by atoms with Crippen molar-refractivity contribution in [2.24, 2.45) is 11.8 Å². The molecule has 0 spiro atoms. The molecule has 1 aliphatic heterocycles. The van der Waals surface area contributed by atoms with Crippen molar-refractivity contribution in [3.8, 4) is 0 Å². The highest BCUT2D eigenvalue weighted by molar-refractivity contribution is 7.98. The SMILES string of the molecule is CSCC(C)CN1CC(C)(C2CC2)NCC1C. The van der Waals surface area contributed by atoms with Crippen LogP contribution in [0.15, 0.2) is 0 Å². The maximum absolute atomic E-state index is 3.80. The molecule has 2 aliphatic rings. The Morgan fingerprint density at radius 3 is 2.76 bits per heavy atom. The quantitative estimate of drug-likeness (QED) is 0.813. The molecule has 3 unspecified atom stereocenters. The van der Waals surface area contributed by atoms with Gasteiger partial charge in [-0.2, -0.15) is 11.8 Å². The molecule has 2 nitrogen and oxygen atoms in total. The second kappa shape index (κ2) is 5.50. The molecule has 0 amide bonds. The lowest BCUT2D eigenvalue weighted by atomic mass is 9.90. The monoisotopic (exact) mass is 256 g/mol. The molecule has 2 rings (SSSR count). The standard InChI is InChI=1S/C14H28N2S/c1-11(9-17-4)8-16-10-14(3,13-5-6-13)15-7-12(16)2/h11-13,15H,5-10H2,1-4H3. The van der Waals surface area contributed by atoms with Crippen molar-refractivity contribution in [3.05, 3.63) is 0 Å². The number of hydrogen-bond acceptors (Lipinski definition) is 3. The Labute approximate surface area is 111 Å². The van der Waals surface area contributed by atoms with Crippen molar-refractivity contribution >= 4 is 11.8 Å². The lowest BCUT2D eigenvalue weighted by Gasteiger charge is -2.46. The van der Waals surface area contributed by atoms with Crippen LogP contribution in [0.5, 0.6) is 0 Å². The molecule has 1 aliphatic carbocycles. The minimum atomic E-state index is 0.394. The van der Waals surface area contributed by atoms with E-state index in [2.05, 4.69) is 37.2 Å². The Bertz CT molecular complexity index is 255. The van der Waals surface area contributed by atoms with E-state index in [1.54, 1.807) is 0 Å². The second-order valence-electron chi connectivity index (χ2n) is 6.41. The lowest BCUT2D eigenvalue weighted by Crippen LogP contribution is -2.63. The molecule has 0 aromatic rings. The fourth-order valence-corrected chi connectivity index (χ4v) is 3.79. The highest BCUT2D eigenvalue weighted by Gasteiger charge is 2.45. The first-order valence-electron chi connectivity index (χ1n) is 7.03. The second-order valence-corrected chi connectivity index (χ2v) is 7.32. The summed E-state index contributed by atoms with van der Waals surface area (Å²) in [4.78, 5) is 2.72. The van der Waals surface area contributed by atoms with Crippen LogP contribution in [0.3, 0.4) is 0 Å². The molecule has 0 bridgehead atoms. The third-order valence-corrected chi connectivity index (χ3v) is 5.33. The van der Waals surface area contributed by atoms with E-state index < -0.39 is 0 Å². The third kappa shape index (κ3) is 3.39. The summed E-state index contributed by atoms with van der Waals surface area (Å²) in [5, 5.41) is 3.80. The summed E-state index contributed by atoms with van der Waals surface area (Å²) >= 11 is 1.98. The number of rotatable bonds is 5. The summed E-state index contributed by atoms with van der Waals surface area (Å²) in [6.07, 6.45) is 5.09. The third-order valence-electron chi connectivity index (χ3n) is 4.43. The number of nitrogens with one attached hydrogen (secondary N) is 1. The summed E-state index contributed by atoms with van der Waals surface area (Å²) in [6, 6.07) is 0.700.